The van der Waals surface area contributed by atoms with Crippen LogP contribution in [-0.2, 0) is 0 Å². The van der Waals surface area contributed by atoms with Gasteiger partial charge in [-0.05, 0) is 98.6 Å². The molecule has 0 spiro atoms. The van der Waals surface area contributed by atoms with E-state index in [2.05, 4.69) is 168 Å². The lowest BCUT2D eigenvalue weighted by Crippen LogP contribution is -1.97. The summed E-state index contributed by atoms with van der Waals surface area (Å²) in [6.07, 6.45) is 0. The van der Waals surface area contributed by atoms with E-state index in [0.717, 1.165) is 22.7 Å². The normalized spacial score (nSPS) is 12.1. The second-order valence-electron chi connectivity index (χ2n) is 12.1. The Balaban J connectivity index is 1.18. The van der Waals surface area contributed by atoms with E-state index in [-0.39, 0.29) is 0 Å². The first-order valence-electron chi connectivity index (χ1n) is 15.8. The van der Waals surface area contributed by atoms with Gasteiger partial charge in [0.05, 0.1) is 11.0 Å². The molecule has 0 aliphatic carbocycles. The minimum atomic E-state index is 0.900. The van der Waals surface area contributed by atoms with Crippen LogP contribution in [-0.4, -0.2) is 4.57 Å². The molecule has 214 valence electrons. The van der Waals surface area contributed by atoms with Crippen molar-refractivity contribution in [3.8, 4) is 50.6 Å². The molecule has 0 bridgehead atoms. The quantitative estimate of drug-likeness (QED) is 0.201. The Hall–Kier alpha value is -6.12. The fourth-order valence-corrected chi connectivity index (χ4v) is 7.46. The first-order chi connectivity index (χ1) is 22.8. The summed E-state index contributed by atoms with van der Waals surface area (Å²) >= 11 is 0. The Kier molecular flexibility index (Phi) is 5.31. The lowest BCUT2D eigenvalue weighted by atomic mass is 9.91. The summed E-state index contributed by atoms with van der Waals surface area (Å²) < 4.78 is 8.80. The Morgan fingerprint density at radius 2 is 1.07 bits per heavy atom. The van der Waals surface area contributed by atoms with Gasteiger partial charge < -0.3 is 9.30 Å². The SMILES string of the molecule is c1ccc(-n2c3cc4ccccc4cc3c3c(-c4cccc(-c5ccc6c(c5)-c5cccc7cccc(c57)O6)c4)cccc32)cc1. The highest BCUT2D eigenvalue weighted by Crippen LogP contribution is 2.48. The van der Waals surface area contributed by atoms with Gasteiger partial charge in [-0.2, -0.15) is 0 Å². The molecule has 0 saturated heterocycles. The average Bonchev–Trinajstić information content (AvgIpc) is 3.44. The van der Waals surface area contributed by atoms with Crippen LogP contribution in [0.3, 0.4) is 0 Å². The summed E-state index contributed by atoms with van der Waals surface area (Å²) in [4.78, 5) is 0. The molecule has 0 unspecified atom stereocenters. The number of para-hydroxylation sites is 1. The average molecular weight is 586 g/mol. The fraction of sp³-hybridized carbons (Fsp3) is 0. The van der Waals surface area contributed by atoms with Crippen LogP contribution in [0.2, 0.25) is 0 Å². The van der Waals surface area contributed by atoms with Gasteiger partial charge in [-0.15, -0.1) is 0 Å². The van der Waals surface area contributed by atoms with E-state index < -0.39 is 0 Å². The second kappa shape index (κ2) is 9.69. The third-order valence-electron chi connectivity index (χ3n) is 9.54. The van der Waals surface area contributed by atoms with Crippen LogP contribution in [0.15, 0.2) is 164 Å². The van der Waals surface area contributed by atoms with Gasteiger partial charge in [0, 0.05) is 27.4 Å². The number of nitrogens with zero attached hydrogens (tertiary/aromatic N) is 1. The Bertz CT molecular complexity index is 2660. The smallest absolute Gasteiger partial charge is 0.135 e. The van der Waals surface area contributed by atoms with Crippen molar-refractivity contribution >= 4 is 43.4 Å². The summed E-state index contributed by atoms with van der Waals surface area (Å²) in [5, 5.41) is 7.40. The standard InChI is InChI=1S/C44H27NO/c1-2-16-34(17-3-1)45-39-20-9-18-35(44(39)38-26-30-10-4-5-11-31(30)27-40(38)45)33-15-6-14-29(24-33)32-22-23-41-37(25-32)36-19-7-12-28-13-8-21-42(46-41)43(28)36/h1-27H. The van der Waals surface area contributed by atoms with E-state index >= 15 is 0 Å². The van der Waals surface area contributed by atoms with E-state index in [1.54, 1.807) is 0 Å². The molecule has 10 rings (SSSR count). The number of fused-ring (bicyclic) bond motifs is 6. The van der Waals surface area contributed by atoms with Crippen molar-refractivity contribution in [2.24, 2.45) is 0 Å². The topological polar surface area (TPSA) is 14.2 Å². The highest BCUT2D eigenvalue weighted by atomic mass is 16.5. The highest BCUT2D eigenvalue weighted by Gasteiger charge is 2.21. The minimum absolute atomic E-state index is 0.900. The van der Waals surface area contributed by atoms with Crippen molar-refractivity contribution in [2.45, 2.75) is 0 Å². The summed E-state index contributed by atoms with van der Waals surface area (Å²) in [7, 11) is 0. The molecule has 1 aromatic heterocycles. The molecule has 2 heterocycles. The highest BCUT2D eigenvalue weighted by molar-refractivity contribution is 6.18. The summed E-state index contributed by atoms with van der Waals surface area (Å²) in [5.41, 5.74) is 10.7. The molecule has 1 aliphatic heterocycles. The van der Waals surface area contributed by atoms with Gasteiger partial charge in [-0.1, -0.05) is 109 Å². The summed E-state index contributed by atoms with van der Waals surface area (Å²) in [5.74, 6) is 1.82. The van der Waals surface area contributed by atoms with Crippen molar-refractivity contribution in [1.29, 1.82) is 0 Å². The molecule has 2 nitrogen and oxygen atoms in total. The molecule has 8 aromatic carbocycles. The van der Waals surface area contributed by atoms with Crippen molar-refractivity contribution in [3.63, 3.8) is 0 Å². The first kappa shape index (κ1) is 25.2. The van der Waals surface area contributed by atoms with E-state index in [4.69, 9.17) is 4.74 Å². The molecule has 0 saturated carbocycles. The van der Waals surface area contributed by atoms with E-state index in [1.807, 2.05) is 0 Å². The maximum absolute atomic E-state index is 6.39. The van der Waals surface area contributed by atoms with Crippen molar-refractivity contribution in [2.75, 3.05) is 0 Å². The van der Waals surface area contributed by atoms with Gasteiger partial charge in [0.1, 0.15) is 11.5 Å². The predicted octanol–water partition coefficient (Wildman–Crippen LogP) is 12.2. The lowest BCUT2D eigenvalue weighted by molar-refractivity contribution is 0.487. The van der Waals surface area contributed by atoms with Gasteiger partial charge in [0.2, 0.25) is 0 Å². The molecule has 2 heteroatoms. The molecule has 0 atom stereocenters. The first-order valence-corrected chi connectivity index (χ1v) is 15.8. The largest absolute Gasteiger partial charge is 0.456 e. The van der Waals surface area contributed by atoms with Crippen LogP contribution < -0.4 is 4.74 Å². The van der Waals surface area contributed by atoms with Gasteiger partial charge in [0.15, 0.2) is 0 Å². The van der Waals surface area contributed by atoms with E-state index in [1.165, 1.54) is 71.2 Å². The minimum Gasteiger partial charge on any atom is -0.456 e. The van der Waals surface area contributed by atoms with Gasteiger partial charge >= 0.3 is 0 Å². The summed E-state index contributed by atoms with van der Waals surface area (Å²) in [6, 6.07) is 59.1. The number of rotatable bonds is 3. The second-order valence-corrected chi connectivity index (χ2v) is 12.1. The van der Waals surface area contributed by atoms with Crippen LogP contribution in [0.1, 0.15) is 0 Å². The molecule has 9 aromatic rings. The third-order valence-corrected chi connectivity index (χ3v) is 9.54. The number of hydrogen-bond donors (Lipinski definition) is 0. The van der Waals surface area contributed by atoms with Crippen molar-refractivity contribution < 1.29 is 4.74 Å². The molecule has 1 aliphatic rings. The van der Waals surface area contributed by atoms with Crippen LogP contribution in [0, 0.1) is 0 Å². The Labute approximate surface area is 266 Å². The van der Waals surface area contributed by atoms with Gasteiger partial charge in [-0.25, -0.2) is 0 Å². The van der Waals surface area contributed by atoms with Crippen LogP contribution in [0.4, 0.5) is 0 Å². The van der Waals surface area contributed by atoms with E-state index in [9.17, 15) is 0 Å². The molecule has 0 amide bonds. The van der Waals surface area contributed by atoms with Crippen molar-refractivity contribution in [1.82, 2.24) is 4.57 Å². The maximum Gasteiger partial charge on any atom is 0.135 e. The Morgan fingerprint density at radius 3 is 1.96 bits per heavy atom. The maximum atomic E-state index is 6.39. The third kappa shape index (κ3) is 3.71. The molecule has 0 N–H and O–H groups in total. The summed E-state index contributed by atoms with van der Waals surface area (Å²) in [6.45, 7) is 0. The number of benzene rings is 8. The molecule has 46 heavy (non-hydrogen) atoms. The number of hydrogen-bond acceptors (Lipinski definition) is 1. The van der Waals surface area contributed by atoms with Crippen LogP contribution in [0.5, 0.6) is 11.5 Å². The van der Waals surface area contributed by atoms with Crippen LogP contribution >= 0.6 is 0 Å². The monoisotopic (exact) mass is 585 g/mol. The Morgan fingerprint density at radius 1 is 0.370 bits per heavy atom. The molecular formula is C44H27NO. The zero-order valence-corrected chi connectivity index (χ0v) is 24.9. The van der Waals surface area contributed by atoms with Crippen molar-refractivity contribution in [3.05, 3.63) is 164 Å². The molecule has 0 fully saturated rings. The molecular weight excluding hydrogens is 558 g/mol. The lowest BCUT2D eigenvalue weighted by Gasteiger charge is -2.22. The predicted molar refractivity (Wildman–Crippen MR) is 192 cm³/mol. The van der Waals surface area contributed by atoms with Crippen LogP contribution in [0.25, 0.3) is 82.4 Å². The zero-order valence-electron chi connectivity index (χ0n) is 24.9. The van der Waals surface area contributed by atoms with Gasteiger partial charge in [0.25, 0.3) is 0 Å². The molecule has 0 radical (unpaired) electrons. The zero-order chi connectivity index (χ0) is 30.2. The van der Waals surface area contributed by atoms with Gasteiger partial charge in [-0.3, -0.25) is 0 Å². The van der Waals surface area contributed by atoms with E-state index in [0.29, 0.717) is 0 Å². The number of ether oxygens (including phenoxy) is 1. The fourth-order valence-electron chi connectivity index (χ4n) is 7.46. The number of aromatic nitrogens is 1.